The molecule has 0 aliphatic carbocycles. The van der Waals surface area contributed by atoms with E-state index in [0.29, 0.717) is 44.2 Å². The average Bonchev–Trinajstić information content (AvgIpc) is 2.83. The highest BCUT2D eigenvalue weighted by Crippen LogP contribution is 2.37. The number of ether oxygens (including phenoxy) is 3. The molecule has 0 amide bonds. The summed E-state index contributed by atoms with van der Waals surface area (Å²) in [6.07, 6.45) is 0. The van der Waals surface area contributed by atoms with Crippen LogP contribution in [0.5, 0.6) is 11.5 Å². The molecule has 1 aliphatic heterocycles. The highest BCUT2D eigenvalue weighted by Gasteiger charge is 2.33. The van der Waals surface area contributed by atoms with Gasteiger partial charge in [0.1, 0.15) is 5.69 Å². The van der Waals surface area contributed by atoms with Crippen molar-refractivity contribution in [3.8, 4) is 11.5 Å². The number of piperazine rings is 1. The Bertz CT molecular complexity index is 1070. The number of methoxy groups -OCH3 is 3. The number of non-ortho nitro benzene ring substituents is 1. The number of nitro groups is 2. The Balaban J connectivity index is 1.83. The highest BCUT2D eigenvalue weighted by molar-refractivity contribution is 5.99. The van der Waals surface area contributed by atoms with Crippen molar-refractivity contribution >= 4 is 23.0 Å². The summed E-state index contributed by atoms with van der Waals surface area (Å²) in [5.74, 6) is 0.384. The molecule has 176 valence electrons. The van der Waals surface area contributed by atoms with Crippen LogP contribution in [0.3, 0.4) is 0 Å². The summed E-state index contributed by atoms with van der Waals surface area (Å²) < 4.78 is 15.3. The van der Waals surface area contributed by atoms with Crippen molar-refractivity contribution in [3.63, 3.8) is 0 Å². The molecule has 1 aliphatic rings. The third kappa shape index (κ3) is 5.12. The van der Waals surface area contributed by atoms with E-state index in [2.05, 4.69) is 4.90 Å². The molecule has 12 nitrogen and oxygen atoms in total. The summed E-state index contributed by atoms with van der Waals surface area (Å²) in [4.78, 5) is 37.6. The van der Waals surface area contributed by atoms with E-state index in [-0.39, 0.29) is 11.3 Å². The van der Waals surface area contributed by atoms with Crippen LogP contribution in [0.25, 0.3) is 0 Å². The fourth-order valence-corrected chi connectivity index (χ4v) is 3.81. The summed E-state index contributed by atoms with van der Waals surface area (Å²) in [5.41, 5.74) is -0.205. The molecule has 0 saturated carbocycles. The van der Waals surface area contributed by atoms with Crippen molar-refractivity contribution < 1.29 is 28.9 Å². The second-order valence-electron chi connectivity index (χ2n) is 7.32. The Hall–Kier alpha value is -3.93. The fraction of sp³-hybridized carbons (Fsp3) is 0.381. The third-order valence-electron chi connectivity index (χ3n) is 5.43. The number of hydrogen-bond donors (Lipinski definition) is 0. The van der Waals surface area contributed by atoms with E-state index in [4.69, 9.17) is 14.2 Å². The molecule has 1 saturated heterocycles. The summed E-state index contributed by atoms with van der Waals surface area (Å²) in [5, 5.41) is 22.9. The van der Waals surface area contributed by atoms with Crippen molar-refractivity contribution in [1.29, 1.82) is 0 Å². The first-order chi connectivity index (χ1) is 15.8. The topological polar surface area (TPSA) is 138 Å². The second-order valence-corrected chi connectivity index (χ2v) is 7.32. The standard InChI is InChI=1S/C21H24N4O8/c1-31-18-5-4-14(10-19(18)32-2)13-22-6-8-23(9-7-22)20-16(21(26)33-3)11-15(24(27)28)12-17(20)25(29)30/h4-5,10-12H,6-9,13H2,1-3H3. The Morgan fingerprint density at radius 1 is 0.939 bits per heavy atom. The van der Waals surface area contributed by atoms with Crippen molar-refractivity contribution in [2.45, 2.75) is 6.54 Å². The van der Waals surface area contributed by atoms with Crippen LogP contribution in [0.4, 0.5) is 17.1 Å². The van der Waals surface area contributed by atoms with Crippen LogP contribution in [0, 0.1) is 20.2 Å². The van der Waals surface area contributed by atoms with E-state index in [1.165, 1.54) is 0 Å². The number of benzene rings is 2. The third-order valence-corrected chi connectivity index (χ3v) is 5.43. The van der Waals surface area contributed by atoms with Crippen molar-refractivity contribution in [2.24, 2.45) is 0 Å². The van der Waals surface area contributed by atoms with E-state index >= 15 is 0 Å². The van der Waals surface area contributed by atoms with Crippen LogP contribution < -0.4 is 14.4 Å². The fourth-order valence-electron chi connectivity index (χ4n) is 3.81. The predicted molar refractivity (Wildman–Crippen MR) is 118 cm³/mol. The zero-order chi connectivity index (χ0) is 24.1. The summed E-state index contributed by atoms with van der Waals surface area (Å²) >= 11 is 0. The maximum absolute atomic E-state index is 12.3. The lowest BCUT2D eigenvalue weighted by molar-refractivity contribution is -0.393. The van der Waals surface area contributed by atoms with Gasteiger partial charge in [-0.1, -0.05) is 6.07 Å². The Labute approximate surface area is 189 Å². The Kier molecular flexibility index (Phi) is 7.28. The molecule has 33 heavy (non-hydrogen) atoms. The van der Waals surface area contributed by atoms with Gasteiger partial charge in [-0.15, -0.1) is 0 Å². The summed E-state index contributed by atoms with van der Waals surface area (Å²) in [6, 6.07) is 7.54. The molecule has 2 aromatic rings. The van der Waals surface area contributed by atoms with Crippen LogP contribution in [-0.4, -0.2) is 68.2 Å². The van der Waals surface area contributed by atoms with Crippen LogP contribution in [0.15, 0.2) is 30.3 Å². The average molecular weight is 460 g/mol. The lowest BCUT2D eigenvalue weighted by Crippen LogP contribution is -2.46. The first-order valence-corrected chi connectivity index (χ1v) is 10.0. The number of hydrogen-bond acceptors (Lipinski definition) is 10. The first-order valence-electron chi connectivity index (χ1n) is 10.0. The van der Waals surface area contributed by atoms with Crippen LogP contribution in [0.1, 0.15) is 15.9 Å². The van der Waals surface area contributed by atoms with Crippen molar-refractivity contribution in [1.82, 2.24) is 4.90 Å². The summed E-state index contributed by atoms with van der Waals surface area (Å²) in [6.45, 7) is 2.51. The molecule has 0 N–H and O–H groups in total. The number of carbonyl (C=O) groups is 1. The van der Waals surface area contributed by atoms with Crippen LogP contribution >= 0.6 is 0 Å². The number of carbonyl (C=O) groups excluding carboxylic acids is 1. The van der Waals surface area contributed by atoms with E-state index in [0.717, 1.165) is 24.8 Å². The molecular weight excluding hydrogens is 436 g/mol. The molecule has 1 heterocycles. The monoisotopic (exact) mass is 460 g/mol. The number of anilines is 1. The molecule has 0 unspecified atom stereocenters. The molecule has 2 aromatic carbocycles. The van der Waals surface area contributed by atoms with Gasteiger partial charge in [0.15, 0.2) is 11.5 Å². The molecule has 0 atom stereocenters. The molecule has 0 bridgehead atoms. The zero-order valence-electron chi connectivity index (χ0n) is 18.5. The molecule has 3 rings (SSSR count). The summed E-state index contributed by atoms with van der Waals surface area (Å²) in [7, 11) is 4.25. The SMILES string of the molecule is COC(=O)c1cc([N+](=O)[O-])cc([N+](=O)[O-])c1N1CCN(Cc2ccc(OC)c(OC)c2)CC1. The lowest BCUT2D eigenvalue weighted by atomic mass is 10.1. The normalized spacial score (nSPS) is 14.0. The zero-order valence-corrected chi connectivity index (χ0v) is 18.5. The predicted octanol–water partition coefficient (Wildman–Crippen LogP) is 2.63. The van der Waals surface area contributed by atoms with Gasteiger partial charge in [-0.25, -0.2) is 4.79 Å². The maximum atomic E-state index is 12.3. The van der Waals surface area contributed by atoms with Gasteiger partial charge in [0, 0.05) is 38.8 Å². The lowest BCUT2D eigenvalue weighted by Gasteiger charge is -2.36. The highest BCUT2D eigenvalue weighted by atomic mass is 16.6. The molecular formula is C21H24N4O8. The minimum atomic E-state index is -0.871. The molecule has 0 spiro atoms. The van der Waals surface area contributed by atoms with Gasteiger partial charge in [0.25, 0.3) is 11.4 Å². The van der Waals surface area contributed by atoms with Crippen LogP contribution in [-0.2, 0) is 11.3 Å². The Morgan fingerprint density at radius 2 is 1.61 bits per heavy atom. The van der Waals surface area contributed by atoms with E-state index in [1.807, 2.05) is 18.2 Å². The van der Waals surface area contributed by atoms with Gasteiger partial charge in [-0.3, -0.25) is 25.1 Å². The molecule has 0 aromatic heterocycles. The smallest absolute Gasteiger partial charge is 0.340 e. The van der Waals surface area contributed by atoms with Crippen LogP contribution in [0.2, 0.25) is 0 Å². The van der Waals surface area contributed by atoms with Gasteiger partial charge in [-0.05, 0) is 17.7 Å². The molecule has 12 heteroatoms. The second kappa shape index (κ2) is 10.1. The van der Waals surface area contributed by atoms with Gasteiger partial charge in [-0.2, -0.15) is 0 Å². The van der Waals surface area contributed by atoms with E-state index in [1.54, 1.807) is 19.1 Å². The van der Waals surface area contributed by atoms with E-state index < -0.39 is 27.2 Å². The quantitative estimate of drug-likeness (QED) is 0.328. The Morgan fingerprint density at radius 3 is 2.15 bits per heavy atom. The van der Waals surface area contributed by atoms with Crippen molar-refractivity contribution in [3.05, 3.63) is 61.7 Å². The van der Waals surface area contributed by atoms with Gasteiger partial charge in [0.05, 0.1) is 42.8 Å². The largest absolute Gasteiger partial charge is 0.493 e. The van der Waals surface area contributed by atoms with Gasteiger partial charge < -0.3 is 19.1 Å². The number of esters is 1. The first kappa shape index (κ1) is 23.7. The van der Waals surface area contributed by atoms with E-state index in [9.17, 15) is 25.0 Å². The minimum Gasteiger partial charge on any atom is -0.493 e. The van der Waals surface area contributed by atoms with Gasteiger partial charge in [0.2, 0.25) is 0 Å². The number of rotatable bonds is 8. The number of nitro benzene ring substituents is 2. The van der Waals surface area contributed by atoms with Gasteiger partial charge >= 0.3 is 5.97 Å². The minimum absolute atomic E-state index is 0.0308. The molecule has 0 radical (unpaired) electrons. The molecule has 1 fully saturated rings. The number of nitrogens with zero attached hydrogens (tertiary/aromatic N) is 4. The van der Waals surface area contributed by atoms with Crippen molar-refractivity contribution in [2.75, 3.05) is 52.4 Å². The maximum Gasteiger partial charge on any atom is 0.340 e.